The number of amides is 1. The van der Waals surface area contributed by atoms with Crippen molar-refractivity contribution in [2.24, 2.45) is 5.92 Å². The first-order chi connectivity index (χ1) is 12.3. The van der Waals surface area contributed by atoms with Gasteiger partial charge in [0.2, 0.25) is 15.9 Å². The van der Waals surface area contributed by atoms with Crippen LogP contribution in [0, 0.1) is 12.8 Å². The first-order valence-electron chi connectivity index (χ1n) is 8.58. The van der Waals surface area contributed by atoms with E-state index in [2.05, 4.69) is 11.9 Å². The van der Waals surface area contributed by atoms with Crippen molar-refractivity contribution in [2.45, 2.75) is 37.0 Å². The summed E-state index contributed by atoms with van der Waals surface area (Å²) < 4.78 is 38.5. The summed E-state index contributed by atoms with van der Waals surface area (Å²) in [6.45, 7) is 5.98. The number of rotatable bonds is 5. The van der Waals surface area contributed by atoms with E-state index in [0.29, 0.717) is 31.7 Å². The monoisotopic (exact) mass is 380 g/mol. The molecule has 0 aliphatic carbocycles. The van der Waals surface area contributed by atoms with Gasteiger partial charge in [0.1, 0.15) is 12.0 Å². The van der Waals surface area contributed by atoms with Crippen molar-refractivity contribution in [3.8, 4) is 5.75 Å². The zero-order valence-corrected chi connectivity index (χ0v) is 15.8. The Labute approximate surface area is 154 Å². The Bertz CT molecular complexity index is 808. The van der Waals surface area contributed by atoms with Crippen molar-refractivity contribution >= 4 is 15.9 Å². The summed E-state index contributed by atoms with van der Waals surface area (Å²) in [5.41, 5.74) is 0.771. The van der Waals surface area contributed by atoms with E-state index >= 15 is 0 Å². The molecule has 7 nitrogen and oxygen atoms in total. The number of carbonyl (C=O) groups excluding carboxylic acids is 1. The van der Waals surface area contributed by atoms with Crippen molar-refractivity contribution in [1.29, 1.82) is 0 Å². The van der Waals surface area contributed by atoms with E-state index in [1.165, 1.54) is 10.4 Å². The van der Waals surface area contributed by atoms with E-state index in [9.17, 15) is 13.2 Å². The molecule has 8 heteroatoms. The maximum atomic E-state index is 13.0. The molecule has 3 atom stereocenters. The van der Waals surface area contributed by atoms with E-state index < -0.39 is 10.0 Å². The van der Waals surface area contributed by atoms with Crippen LogP contribution in [0.25, 0.3) is 0 Å². The molecule has 3 rings (SSSR count). The van der Waals surface area contributed by atoms with Crippen molar-refractivity contribution in [3.05, 3.63) is 36.4 Å². The second kappa shape index (κ2) is 7.38. The predicted octanol–water partition coefficient (Wildman–Crippen LogP) is 1.43. The molecule has 1 aromatic carbocycles. The molecule has 1 N–H and O–H groups in total. The molecule has 2 heterocycles. The van der Waals surface area contributed by atoms with Gasteiger partial charge in [0, 0.05) is 13.1 Å². The second-order valence-corrected chi connectivity index (χ2v) is 8.59. The van der Waals surface area contributed by atoms with Gasteiger partial charge < -0.3 is 14.8 Å². The number of piperidine rings is 1. The van der Waals surface area contributed by atoms with Crippen LogP contribution in [0.3, 0.4) is 0 Å². The van der Waals surface area contributed by atoms with E-state index in [1.807, 2.05) is 6.92 Å². The largest absolute Gasteiger partial charge is 0.496 e. The summed E-state index contributed by atoms with van der Waals surface area (Å²) in [4.78, 5) is 11.7. The molecule has 0 saturated carbocycles. The van der Waals surface area contributed by atoms with Crippen LogP contribution in [-0.2, 0) is 19.6 Å². The lowest BCUT2D eigenvalue weighted by molar-refractivity contribution is -0.120. The molecule has 3 unspecified atom stereocenters. The Morgan fingerprint density at radius 2 is 2.23 bits per heavy atom. The fraction of sp³-hybridized carbons (Fsp3) is 0.500. The molecular weight excluding hydrogens is 356 g/mol. The number of fused-ring (bicyclic) bond motifs is 1. The van der Waals surface area contributed by atoms with Crippen LogP contribution in [-0.4, -0.2) is 51.2 Å². The van der Waals surface area contributed by atoms with Gasteiger partial charge in [-0.25, -0.2) is 8.42 Å². The van der Waals surface area contributed by atoms with Gasteiger partial charge in [0.15, 0.2) is 0 Å². The SMILES string of the molecule is C=CC(=O)NC1CC2CCN(S(=O)(=O)c3ccc(OC)c(C)c3)CC2O1. The fourth-order valence-corrected chi connectivity index (χ4v) is 5.14. The highest BCUT2D eigenvalue weighted by Gasteiger charge is 2.42. The van der Waals surface area contributed by atoms with E-state index in [1.54, 1.807) is 25.3 Å². The third kappa shape index (κ3) is 3.62. The standard InChI is InChI=1S/C18H24N2O5S/c1-4-17(21)19-18-10-13-7-8-20(11-16(13)25-18)26(22,23)14-5-6-15(24-3)12(2)9-14/h4-6,9,13,16,18H,1,7-8,10-11H2,2-3H3,(H,19,21). The number of methoxy groups -OCH3 is 1. The average Bonchev–Trinajstić information content (AvgIpc) is 3.02. The van der Waals surface area contributed by atoms with Crippen LogP contribution in [0.5, 0.6) is 5.75 Å². The van der Waals surface area contributed by atoms with E-state index in [4.69, 9.17) is 9.47 Å². The van der Waals surface area contributed by atoms with Gasteiger partial charge in [-0.1, -0.05) is 6.58 Å². The maximum absolute atomic E-state index is 13.0. The number of nitrogens with zero attached hydrogens (tertiary/aromatic N) is 1. The lowest BCUT2D eigenvalue weighted by Crippen LogP contribution is -2.45. The zero-order valence-electron chi connectivity index (χ0n) is 15.0. The van der Waals surface area contributed by atoms with Crippen LogP contribution in [0.1, 0.15) is 18.4 Å². The van der Waals surface area contributed by atoms with Crippen molar-refractivity contribution in [1.82, 2.24) is 9.62 Å². The number of aryl methyl sites for hydroxylation is 1. The number of carbonyl (C=O) groups is 1. The molecule has 142 valence electrons. The third-order valence-corrected chi connectivity index (χ3v) is 6.87. The van der Waals surface area contributed by atoms with Crippen LogP contribution in [0.4, 0.5) is 0 Å². The number of sulfonamides is 1. The summed E-state index contributed by atoms with van der Waals surface area (Å²) in [5.74, 6) is 0.614. The first kappa shape index (κ1) is 18.9. The number of nitrogens with one attached hydrogen (secondary N) is 1. The van der Waals surface area contributed by atoms with Crippen molar-refractivity contribution < 1.29 is 22.7 Å². The van der Waals surface area contributed by atoms with E-state index in [-0.39, 0.29) is 29.1 Å². The normalized spacial score (nSPS) is 26.2. The molecule has 2 aliphatic heterocycles. The van der Waals surface area contributed by atoms with Crippen molar-refractivity contribution in [2.75, 3.05) is 20.2 Å². The summed E-state index contributed by atoms with van der Waals surface area (Å²) in [6, 6.07) is 4.86. The molecule has 0 aromatic heterocycles. The molecule has 2 saturated heterocycles. The number of hydrogen-bond donors (Lipinski definition) is 1. The fourth-order valence-electron chi connectivity index (χ4n) is 3.59. The molecule has 1 amide bonds. The lowest BCUT2D eigenvalue weighted by Gasteiger charge is -2.33. The Hall–Kier alpha value is -1.90. The summed E-state index contributed by atoms with van der Waals surface area (Å²) in [6.07, 6.45) is 2.00. The van der Waals surface area contributed by atoms with Gasteiger partial charge in [-0.05, 0) is 55.5 Å². The Balaban J connectivity index is 1.72. The van der Waals surface area contributed by atoms with Gasteiger partial charge >= 0.3 is 0 Å². The molecular formula is C18H24N2O5S. The highest BCUT2D eigenvalue weighted by atomic mass is 32.2. The van der Waals surface area contributed by atoms with Crippen LogP contribution in [0.15, 0.2) is 35.7 Å². The molecule has 26 heavy (non-hydrogen) atoms. The first-order valence-corrected chi connectivity index (χ1v) is 10.0. The van der Waals surface area contributed by atoms with Gasteiger partial charge in [-0.3, -0.25) is 4.79 Å². The smallest absolute Gasteiger partial charge is 0.245 e. The van der Waals surface area contributed by atoms with Gasteiger partial charge in [0.25, 0.3) is 0 Å². The average molecular weight is 380 g/mol. The van der Waals surface area contributed by atoms with Crippen molar-refractivity contribution in [3.63, 3.8) is 0 Å². The number of benzene rings is 1. The highest BCUT2D eigenvalue weighted by Crippen LogP contribution is 2.34. The zero-order chi connectivity index (χ0) is 18.9. The number of ether oxygens (including phenoxy) is 2. The topological polar surface area (TPSA) is 84.9 Å². The summed E-state index contributed by atoms with van der Waals surface area (Å²) in [7, 11) is -2.04. The molecule has 0 bridgehead atoms. The van der Waals surface area contributed by atoms with E-state index in [0.717, 1.165) is 5.56 Å². The molecule has 2 fully saturated rings. The van der Waals surface area contributed by atoms with Crippen LogP contribution in [0.2, 0.25) is 0 Å². The Morgan fingerprint density at radius 1 is 1.46 bits per heavy atom. The molecule has 0 spiro atoms. The molecule has 2 aliphatic rings. The Morgan fingerprint density at radius 3 is 2.88 bits per heavy atom. The number of hydrogen-bond acceptors (Lipinski definition) is 5. The molecule has 0 radical (unpaired) electrons. The van der Waals surface area contributed by atoms with Gasteiger partial charge in [-0.15, -0.1) is 0 Å². The third-order valence-electron chi connectivity index (χ3n) is 5.01. The maximum Gasteiger partial charge on any atom is 0.245 e. The minimum atomic E-state index is -3.60. The van der Waals surface area contributed by atoms with Gasteiger partial charge in [-0.2, -0.15) is 4.31 Å². The summed E-state index contributed by atoms with van der Waals surface area (Å²) >= 11 is 0. The minimum Gasteiger partial charge on any atom is -0.496 e. The van der Waals surface area contributed by atoms with Gasteiger partial charge in [0.05, 0.1) is 18.1 Å². The Kier molecular flexibility index (Phi) is 5.36. The quantitative estimate of drug-likeness (QED) is 0.781. The molecule has 1 aromatic rings. The minimum absolute atomic E-state index is 0.215. The van der Waals surface area contributed by atoms with Crippen LogP contribution >= 0.6 is 0 Å². The second-order valence-electron chi connectivity index (χ2n) is 6.65. The summed E-state index contributed by atoms with van der Waals surface area (Å²) in [5, 5.41) is 2.73. The lowest BCUT2D eigenvalue weighted by atomic mass is 9.94. The highest BCUT2D eigenvalue weighted by molar-refractivity contribution is 7.89. The predicted molar refractivity (Wildman–Crippen MR) is 96.2 cm³/mol. The van der Waals surface area contributed by atoms with Crippen LogP contribution < -0.4 is 10.1 Å².